The summed E-state index contributed by atoms with van der Waals surface area (Å²) >= 11 is 0. The molecule has 43 heavy (non-hydrogen) atoms. The first kappa shape index (κ1) is 30.7. The van der Waals surface area contributed by atoms with Gasteiger partial charge in [0.1, 0.15) is 0 Å². The Morgan fingerprint density at radius 1 is 0.860 bits per heavy atom. The molecule has 1 N–H and O–H groups in total. The number of aliphatic carboxylic acids is 1. The highest BCUT2D eigenvalue weighted by atomic mass is 16.5. The van der Waals surface area contributed by atoms with Gasteiger partial charge in [0.15, 0.2) is 23.0 Å². The van der Waals surface area contributed by atoms with Crippen LogP contribution in [0, 0.1) is 11.8 Å². The maximum Gasteiger partial charge on any atom is 0.331 e. The van der Waals surface area contributed by atoms with Gasteiger partial charge in [0.05, 0.1) is 34.5 Å². The summed E-state index contributed by atoms with van der Waals surface area (Å²) < 4.78 is 22.6. The molecule has 0 spiro atoms. The van der Waals surface area contributed by atoms with E-state index >= 15 is 0 Å². The Balaban J connectivity index is 1.53. The lowest BCUT2D eigenvalue weighted by Gasteiger charge is -2.49. The first-order valence-electron chi connectivity index (χ1n) is 15.2. The van der Waals surface area contributed by atoms with Crippen LogP contribution in [0.2, 0.25) is 0 Å². The Kier molecular flexibility index (Phi) is 9.20. The van der Waals surface area contributed by atoms with Crippen LogP contribution in [-0.4, -0.2) is 74.9 Å². The van der Waals surface area contributed by atoms with E-state index in [1.807, 2.05) is 17.0 Å². The molecule has 3 aliphatic rings. The zero-order valence-electron chi connectivity index (χ0n) is 26.1. The van der Waals surface area contributed by atoms with Crippen LogP contribution >= 0.6 is 0 Å². The van der Waals surface area contributed by atoms with Crippen LogP contribution in [0.15, 0.2) is 35.9 Å². The summed E-state index contributed by atoms with van der Waals surface area (Å²) in [4.78, 5) is 29.7. The number of piperidine rings is 1. The minimum atomic E-state index is -1.09. The van der Waals surface area contributed by atoms with E-state index in [-0.39, 0.29) is 23.6 Å². The molecule has 3 heterocycles. The number of carbonyl (C=O) groups is 2. The van der Waals surface area contributed by atoms with Crippen molar-refractivity contribution in [2.24, 2.45) is 11.8 Å². The van der Waals surface area contributed by atoms with Crippen molar-refractivity contribution in [2.45, 2.75) is 58.0 Å². The number of hydrogen-bond donors (Lipinski definition) is 1. The highest BCUT2D eigenvalue weighted by molar-refractivity contribution is 5.97. The Hall–Kier alpha value is -3.72. The smallest absolute Gasteiger partial charge is 0.331 e. The van der Waals surface area contributed by atoms with Crippen LogP contribution in [0.1, 0.15) is 67.4 Å². The second kappa shape index (κ2) is 12.9. The number of benzene rings is 2. The highest BCUT2D eigenvalue weighted by Gasteiger charge is 2.42. The Morgan fingerprint density at radius 2 is 1.42 bits per heavy atom. The number of hydrogen-bond acceptors (Lipinski definition) is 7. The normalized spacial score (nSPS) is 23.5. The molecule has 2 aromatic rings. The van der Waals surface area contributed by atoms with Gasteiger partial charge in [-0.05, 0) is 91.0 Å². The van der Waals surface area contributed by atoms with E-state index in [0.29, 0.717) is 36.3 Å². The number of rotatable bonds is 9. The van der Waals surface area contributed by atoms with Crippen LogP contribution in [0.3, 0.4) is 0 Å². The summed E-state index contributed by atoms with van der Waals surface area (Å²) in [6.07, 6.45) is 5.68. The van der Waals surface area contributed by atoms with Crippen molar-refractivity contribution in [3.8, 4) is 23.0 Å². The van der Waals surface area contributed by atoms with Gasteiger partial charge < -0.3 is 29.0 Å². The molecular formula is C34H44N2O7. The summed E-state index contributed by atoms with van der Waals surface area (Å²) in [5.41, 5.74) is 4.82. The lowest BCUT2D eigenvalue weighted by atomic mass is 9.72. The molecule has 0 saturated carbocycles. The average Bonchev–Trinajstić information content (AvgIpc) is 3.02. The van der Waals surface area contributed by atoms with Crippen LogP contribution in [-0.2, 0) is 22.4 Å². The van der Waals surface area contributed by atoms with Crippen molar-refractivity contribution in [1.29, 1.82) is 0 Å². The summed E-state index contributed by atoms with van der Waals surface area (Å²) in [6, 6.07) is 8.35. The summed E-state index contributed by atoms with van der Waals surface area (Å²) in [6.45, 7) is 6.23. The zero-order chi connectivity index (χ0) is 30.8. The second-order valence-electron chi connectivity index (χ2n) is 11.9. The number of methoxy groups -OCH3 is 4. The lowest BCUT2D eigenvalue weighted by molar-refractivity contribution is -0.134. The van der Waals surface area contributed by atoms with Crippen LogP contribution in [0.5, 0.6) is 23.0 Å². The van der Waals surface area contributed by atoms with Crippen molar-refractivity contribution in [2.75, 3.05) is 48.1 Å². The highest BCUT2D eigenvalue weighted by Crippen LogP contribution is 2.49. The molecule has 2 aromatic carbocycles. The molecule has 1 amide bonds. The van der Waals surface area contributed by atoms with Gasteiger partial charge in [-0.2, -0.15) is 0 Å². The summed E-state index contributed by atoms with van der Waals surface area (Å²) in [7, 11) is 6.61. The van der Waals surface area contributed by atoms with E-state index < -0.39 is 5.97 Å². The van der Waals surface area contributed by atoms with E-state index in [1.54, 1.807) is 28.4 Å². The molecule has 3 aliphatic heterocycles. The minimum absolute atomic E-state index is 0.0322. The number of carbonyl (C=O) groups excluding carboxylic acids is 1. The molecule has 4 atom stereocenters. The number of nitrogens with zero attached hydrogens (tertiary/aromatic N) is 2. The molecule has 9 heteroatoms. The maximum atomic E-state index is 13.6. The van der Waals surface area contributed by atoms with Gasteiger partial charge in [-0.3, -0.25) is 9.69 Å². The van der Waals surface area contributed by atoms with Gasteiger partial charge in [0, 0.05) is 37.3 Å². The molecule has 0 radical (unpaired) electrons. The van der Waals surface area contributed by atoms with E-state index in [1.165, 1.54) is 24.1 Å². The Labute approximate surface area is 254 Å². The Morgan fingerprint density at radius 3 is 2.00 bits per heavy atom. The number of fused-ring (bicyclic) bond motifs is 4. The van der Waals surface area contributed by atoms with Crippen LogP contribution in [0.4, 0.5) is 0 Å². The van der Waals surface area contributed by atoms with Crippen molar-refractivity contribution in [3.63, 3.8) is 0 Å². The fourth-order valence-corrected chi connectivity index (χ4v) is 7.42. The van der Waals surface area contributed by atoms with Crippen molar-refractivity contribution in [1.82, 2.24) is 9.80 Å². The SMILES string of the molecule is CC[C@H]1CN2CCc3cc(OC)c(OC)cc3[C@@H]2C[C@@H]1C[C@H]1c2cc(OC)c(OC)cc2CCN1C(=O)/C=C(/C)C(=O)O. The van der Waals surface area contributed by atoms with Gasteiger partial charge in [-0.1, -0.05) is 13.3 Å². The summed E-state index contributed by atoms with van der Waals surface area (Å²) in [5.74, 6) is 2.26. The molecule has 0 unspecified atom stereocenters. The van der Waals surface area contributed by atoms with E-state index in [0.717, 1.165) is 61.4 Å². The first-order chi connectivity index (χ1) is 20.7. The standard InChI is InChI=1S/C34H44N2O7/c1-7-21-19-35-10-8-22-15-29(40-3)31(42-5)17-25(22)27(35)13-24(21)14-28-26-18-32(43-6)30(41-4)16-23(26)9-11-36(28)33(37)12-20(2)34(38)39/h12,15-18,21,24,27-28H,7-11,13-14,19H2,1-6H3,(H,38,39)/b20-12-/t21-,24+,27-,28-/m0/s1. The van der Waals surface area contributed by atoms with Crippen LogP contribution < -0.4 is 18.9 Å². The molecule has 0 aliphatic carbocycles. The van der Waals surface area contributed by atoms with Gasteiger partial charge in [0.25, 0.3) is 0 Å². The quantitative estimate of drug-likeness (QED) is 0.396. The third kappa shape index (κ3) is 5.92. The maximum absolute atomic E-state index is 13.6. The fraction of sp³-hybridized carbons (Fsp3) is 0.529. The van der Waals surface area contributed by atoms with Crippen molar-refractivity contribution in [3.05, 3.63) is 58.2 Å². The monoisotopic (exact) mass is 592 g/mol. The van der Waals surface area contributed by atoms with Gasteiger partial charge in [0.2, 0.25) is 5.91 Å². The van der Waals surface area contributed by atoms with Crippen molar-refractivity contribution >= 4 is 11.9 Å². The van der Waals surface area contributed by atoms with E-state index in [2.05, 4.69) is 24.0 Å². The lowest BCUT2D eigenvalue weighted by Crippen LogP contribution is -2.47. The minimum Gasteiger partial charge on any atom is -0.493 e. The predicted octanol–water partition coefficient (Wildman–Crippen LogP) is 5.21. The van der Waals surface area contributed by atoms with Crippen LogP contribution in [0.25, 0.3) is 0 Å². The molecule has 1 saturated heterocycles. The molecule has 1 fully saturated rings. The number of carboxylic acids is 1. The predicted molar refractivity (Wildman–Crippen MR) is 163 cm³/mol. The largest absolute Gasteiger partial charge is 0.493 e. The van der Waals surface area contributed by atoms with E-state index in [4.69, 9.17) is 18.9 Å². The number of carboxylic acid groups (broad SMARTS) is 1. The Bertz CT molecular complexity index is 1400. The average molecular weight is 593 g/mol. The third-order valence-electron chi connectivity index (χ3n) is 9.79. The number of ether oxygens (including phenoxy) is 4. The first-order valence-corrected chi connectivity index (χ1v) is 15.2. The fourth-order valence-electron chi connectivity index (χ4n) is 7.42. The molecule has 9 nitrogen and oxygen atoms in total. The van der Waals surface area contributed by atoms with Gasteiger partial charge >= 0.3 is 5.97 Å². The third-order valence-corrected chi connectivity index (χ3v) is 9.79. The topological polar surface area (TPSA) is 97.8 Å². The molecular weight excluding hydrogens is 548 g/mol. The number of amides is 1. The molecule has 0 aromatic heterocycles. The van der Waals surface area contributed by atoms with Crippen molar-refractivity contribution < 1.29 is 33.6 Å². The summed E-state index contributed by atoms with van der Waals surface area (Å²) in [5, 5.41) is 9.48. The van der Waals surface area contributed by atoms with Gasteiger partial charge in [-0.25, -0.2) is 4.79 Å². The molecule has 0 bridgehead atoms. The molecule has 5 rings (SSSR count). The molecule has 232 valence electrons. The van der Waals surface area contributed by atoms with Gasteiger partial charge in [-0.15, -0.1) is 0 Å². The zero-order valence-corrected chi connectivity index (χ0v) is 26.1. The van der Waals surface area contributed by atoms with E-state index in [9.17, 15) is 14.7 Å². The second-order valence-corrected chi connectivity index (χ2v) is 11.9.